The van der Waals surface area contributed by atoms with Gasteiger partial charge in [0, 0.05) is 0 Å². The van der Waals surface area contributed by atoms with Gasteiger partial charge < -0.3 is 28.9 Å². The summed E-state index contributed by atoms with van der Waals surface area (Å²) < 4.78 is 19.6. The molecule has 0 aliphatic heterocycles. The summed E-state index contributed by atoms with van der Waals surface area (Å²) in [5.74, 6) is 0. The average Bonchev–Trinajstić information content (AvgIpc) is 2.68. The molecule has 6 nitrogen and oxygen atoms in total. The summed E-state index contributed by atoms with van der Waals surface area (Å²) >= 11 is 0. The van der Waals surface area contributed by atoms with Crippen molar-refractivity contribution in [2.24, 2.45) is 0 Å². The van der Waals surface area contributed by atoms with Crippen molar-refractivity contribution in [2.45, 2.75) is 121 Å². The number of benzene rings is 1. The third kappa shape index (κ3) is 6.55. The van der Waals surface area contributed by atoms with Gasteiger partial charge in [-0.2, -0.15) is 0 Å². The molecule has 2 rings (SSSR count). The van der Waals surface area contributed by atoms with Gasteiger partial charge in [-0.05, 0) is 41.8 Å². The van der Waals surface area contributed by atoms with E-state index in [-0.39, 0.29) is 16.7 Å². The lowest BCUT2D eigenvalue weighted by molar-refractivity contribution is -0.230. The van der Waals surface area contributed by atoms with Gasteiger partial charge in [-0.1, -0.05) is 71.9 Å². The molecule has 0 aromatic heterocycles. The van der Waals surface area contributed by atoms with E-state index in [0.29, 0.717) is 0 Å². The molecule has 6 atom stereocenters. The topological polar surface area (TPSA) is 88.4 Å². The van der Waals surface area contributed by atoms with Gasteiger partial charge in [-0.3, -0.25) is 0 Å². The van der Waals surface area contributed by atoms with E-state index in [9.17, 15) is 15.3 Å². The summed E-state index contributed by atoms with van der Waals surface area (Å²) in [6.45, 7) is 21.5. The maximum absolute atomic E-state index is 11.0. The summed E-state index contributed by atoms with van der Waals surface area (Å²) in [7, 11) is -4.68. The predicted molar refractivity (Wildman–Crippen MR) is 137 cm³/mol. The summed E-state index contributed by atoms with van der Waals surface area (Å²) in [5, 5.41) is 32.7. The van der Waals surface area contributed by atoms with Gasteiger partial charge in [0.25, 0.3) is 0 Å². The first kappa shape index (κ1) is 28.6. The first-order valence-electron chi connectivity index (χ1n) is 11.9. The average molecular weight is 499 g/mol. The minimum atomic E-state index is -2.34. The smallest absolute Gasteiger partial charge is 0.192 e. The summed E-state index contributed by atoms with van der Waals surface area (Å²) in [4.78, 5) is 0. The Morgan fingerprint density at radius 1 is 0.667 bits per heavy atom. The normalized spacial score (nSPS) is 29.8. The van der Waals surface area contributed by atoms with Crippen LogP contribution in [-0.4, -0.2) is 68.6 Å². The zero-order valence-corrected chi connectivity index (χ0v) is 24.1. The number of hydrogen-bond acceptors (Lipinski definition) is 6. The summed E-state index contributed by atoms with van der Waals surface area (Å²) in [6.07, 6.45) is -6.32. The van der Waals surface area contributed by atoms with E-state index in [1.54, 1.807) is 0 Å². The molecular weight excluding hydrogens is 452 g/mol. The number of hydrogen-bond donors (Lipinski definition) is 3. The first-order valence-corrected chi connectivity index (χ1v) is 17.8. The van der Waals surface area contributed by atoms with Crippen LogP contribution in [0.5, 0.6) is 0 Å². The molecule has 8 heteroatoms. The second kappa shape index (κ2) is 10.2. The lowest BCUT2D eigenvalue weighted by atomic mass is 9.85. The molecule has 0 spiro atoms. The van der Waals surface area contributed by atoms with Crippen molar-refractivity contribution in [2.75, 3.05) is 0 Å². The van der Waals surface area contributed by atoms with Crippen LogP contribution in [0.4, 0.5) is 0 Å². The second-order valence-electron chi connectivity index (χ2n) is 12.4. The fraction of sp³-hybridized carbons (Fsp3) is 0.760. The van der Waals surface area contributed by atoms with Crippen molar-refractivity contribution in [3.63, 3.8) is 0 Å². The molecular formula is C25H46O6Si2. The highest BCUT2D eigenvalue weighted by atomic mass is 28.4. The van der Waals surface area contributed by atoms with Crippen LogP contribution in [0.3, 0.4) is 0 Å². The lowest BCUT2D eigenvalue weighted by Gasteiger charge is -2.52. The van der Waals surface area contributed by atoms with Crippen molar-refractivity contribution in [1.82, 2.24) is 0 Å². The molecule has 1 aliphatic carbocycles. The Balaban J connectivity index is 2.46. The summed E-state index contributed by atoms with van der Waals surface area (Å²) in [5.41, 5.74) is 0.977. The van der Waals surface area contributed by atoms with Crippen LogP contribution in [0.25, 0.3) is 0 Å². The molecule has 33 heavy (non-hydrogen) atoms. The number of aliphatic hydroxyl groups excluding tert-OH is 3. The van der Waals surface area contributed by atoms with Crippen LogP contribution in [-0.2, 0) is 20.2 Å². The standard InChI is InChI=1S/C25H46O6Si2/c1-24(2,3)32(7,8)30-21-19(27)18(26)20(28)22(31-33(9,10)25(4,5)6)23(21)29-16-17-14-12-11-13-15-17/h11-15,18-23,26-28H,16H2,1-10H3/t18?,19-,20+,21+,22-,23?. The molecule has 0 bridgehead atoms. The zero-order valence-electron chi connectivity index (χ0n) is 22.1. The van der Waals surface area contributed by atoms with E-state index in [1.165, 1.54) is 0 Å². The van der Waals surface area contributed by atoms with Gasteiger partial charge in [0.2, 0.25) is 0 Å². The fourth-order valence-electron chi connectivity index (χ4n) is 3.43. The molecule has 0 heterocycles. The van der Waals surface area contributed by atoms with Crippen molar-refractivity contribution in [3.8, 4) is 0 Å². The third-order valence-electron chi connectivity index (χ3n) is 7.78. The van der Waals surface area contributed by atoms with Crippen molar-refractivity contribution in [3.05, 3.63) is 35.9 Å². The Labute approximate surface area is 202 Å². The monoisotopic (exact) mass is 498 g/mol. The molecule has 2 unspecified atom stereocenters. The van der Waals surface area contributed by atoms with Crippen molar-refractivity contribution < 1.29 is 28.9 Å². The Bertz CT molecular complexity index is 714. The third-order valence-corrected chi connectivity index (χ3v) is 16.7. The Morgan fingerprint density at radius 2 is 1.06 bits per heavy atom. The second-order valence-corrected chi connectivity index (χ2v) is 21.9. The molecule has 0 radical (unpaired) electrons. The predicted octanol–water partition coefficient (Wildman–Crippen LogP) is 4.45. The first-order chi connectivity index (χ1) is 14.9. The highest BCUT2D eigenvalue weighted by molar-refractivity contribution is 6.74. The van der Waals surface area contributed by atoms with E-state index < -0.39 is 53.3 Å². The maximum atomic E-state index is 11.0. The minimum absolute atomic E-state index is 0.104. The molecule has 0 saturated heterocycles. The number of aliphatic hydroxyl groups is 3. The largest absolute Gasteiger partial charge is 0.408 e. The van der Waals surface area contributed by atoms with Gasteiger partial charge in [-0.25, -0.2) is 0 Å². The van der Waals surface area contributed by atoms with Crippen LogP contribution in [0.2, 0.25) is 36.3 Å². The zero-order chi connectivity index (χ0) is 25.4. The highest BCUT2D eigenvalue weighted by Crippen LogP contribution is 2.43. The Morgan fingerprint density at radius 3 is 1.42 bits per heavy atom. The number of rotatable bonds is 7. The Kier molecular flexibility index (Phi) is 8.84. The molecule has 1 fully saturated rings. The molecule has 1 aliphatic rings. The van der Waals surface area contributed by atoms with Gasteiger partial charge >= 0.3 is 0 Å². The van der Waals surface area contributed by atoms with E-state index in [1.807, 2.05) is 30.3 Å². The molecule has 3 N–H and O–H groups in total. The molecule has 190 valence electrons. The minimum Gasteiger partial charge on any atom is -0.408 e. The number of ether oxygens (including phenoxy) is 1. The summed E-state index contributed by atoms with van der Waals surface area (Å²) in [6, 6.07) is 9.77. The Hall–Kier alpha value is -0.586. The highest BCUT2D eigenvalue weighted by Gasteiger charge is 2.56. The molecule has 1 saturated carbocycles. The van der Waals surface area contributed by atoms with Crippen LogP contribution in [0, 0.1) is 0 Å². The van der Waals surface area contributed by atoms with E-state index in [0.717, 1.165) is 5.56 Å². The van der Waals surface area contributed by atoms with Gasteiger partial charge in [0.05, 0.1) is 6.61 Å². The molecule has 1 aromatic carbocycles. The van der Waals surface area contributed by atoms with Crippen LogP contribution in [0.1, 0.15) is 47.1 Å². The van der Waals surface area contributed by atoms with Crippen molar-refractivity contribution >= 4 is 16.6 Å². The lowest BCUT2D eigenvalue weighted by Crippen LogP contribution is -2.69. The van der Waals surface area contributed by atoms with E-state index in [4.69, 9.17) is 13.6 Å². The van der Waals surface area contributed by atoms with Gasteiger partial charge in [-0.15, -0.1) is 0 Å². The maximum Gasteiger partial charge on any atom is 0.192 e. The molecule has 1 aromatic rings. The van der Waals surface area contributed by atoms with Gasteiger partial charge in [0.15, 0.2) is 16.6 Å². The van der Waals surface area contributed by atoms with Crippen LogP contribution < -0.4 is 0 Å². The quantitative estimate of drug-likeness (QED) is 0.482. The SMILES string of the molecule is CC(C)(C)[Si](C)(C)O[C@@H]1C(OCc2ccccc2)[C@H](O[Si](C)(C)C(C)(C)C)[C@@H](O)C(O)[C@H]1O. The fourth-order valence-corrected chi connectivity index (χ4v) is 6.05. The van der Waals surface area contributed by atoms with Crippen molar-refractivity contribution in [1.29, 1.82) is 0 Å². The van der Waals surface area contributed by atoms with Gasteiger partial charge in [0.1, 0.15) is 36.6 Å². The molecule has 0 amide bonds. The van der Waals surface area contributed by atoms with E-state index >= 15 is 0 Å². The van der Waals surface area contributed by atoms with Crippen LogP contribution >= 0.6 is 0 Å². The van der Waals surface area contributed by atoms with E-state index in [2.05, 4.69) is 67.7 Å². The van der Waals surface area contributed by atoms with Crippen LogP contribution in [0.15, 0.2) is 30.3 Å².